The Labute approximate surface area is 136 Å². The molecule has 0 aliphatic carbocycles. The average molecular weight is 326 g/mol. The maximum Gasteiger partial charge on any atom is 0.0836 e. The van der Waals surface area contributed by atoms with E-state index in [0.29, 0.717) is 10.0 Å². The molecule has 2 rings (SSSR count). The van der Waals surface area contributed by atoms with E-state index in [-0.39, 0.29) is 0 Å². The van der Waals surface area contributed by atoms with Crippen LogP contribution in [0.4, 0.5) is 0 Å². The van der Waals surface area contributed by atoms with Crippen LogP contribution in [-0.2, 0) is 13.0 Å². The Kier molecular flexibility index (Phi) is 6.09. The van der Waals surface area contributed by atoms with E-state index in [1.807, 2.05) is 23.0 Å². The number of nitrogens with one attached hydrogen (secondary N) is 1. The van der Waals surface area contributed by atoms with Gasteiger partial charge in [-0.05, 0) is 37.6 Å². The third-order valence-electron chi connectivity index (χ3n) is 3.32. The lowest BCUT2D eigenvalue weighted by molar-refractivity contribution is 0.666. The minimum atomic E-state index is 0.621. The Morgan fingerprint density at radius 3 is 2.67 bits per heavy atom. The summed E-state index contributed by atoms with van der Waals surface area (Å²) in [5.74, 6) is 0. The normalized spacial score (nSPS) is 11.0. The standard InChI is InChI=1S/C16H21Cl2N3/c1-3-5-15-12(10-19-8-4-2)11-20-21(15)16-7-6-13(17)9-14(16)18/h6-7,9,11,19H,3-5,8,10H2,1-2H3. The molecule has 0 saturated carbocycles. The smallest absolute Gasteiger partial charge is 0.0836 e. The van der Waals surface area contributed by atoms with Crippen LogP contribution in [0.25, 0.3) is 5.69 Å². The lowest BCUT2D eigenvalue weighted by Gasteiger charge is -2.11. The van der Waals surface area contributed by atoms with E-state index in [1.54, 1.807) is 6.07 Å². The third kappa shape index (κ3) is 4.00. The first-order valence-corrected chi connectivity index (χ1v) is 8.14. The lowest BCUT2D eigenvalue weighted by Crippen LogP contribution is -2.15. The fourth-order valence-electron chi connectivity index (χ4n) is 2.32. The molecule has 0 bridgehead atoms. The van der Waals surface area contributed by atoms with Crippen LogP contribution in [0.5, 0.6) is 0 Å². The van der Waals surface area contributed by atoms with Gasteiger partial charge in [0.2, 0.25) is 0 Å². The van der Waals surface area contributed by atoms with Gasteiger partial charge in [0.1, 0.15) is 0 Å². The van der Waals surface area contributed by atoms with Crippen LogP contribution in [0.3, 0.4) is 0 Å². The molecular weight excluding hydrogens is 305 g/mol. The summed E-state index contributed by atoms with van der Waals surface area (Å²) in [4.78, 5) is 0. The summed E-state index contributed by atoms with van der Waals surface area (Å²) in [6, 6.07) is 5.51. The molecule has 0 aliphatic rings. The second-order valence-corrected chi connectivity index (χ2v) is 5.89. The van der Waals surface area contributed by atoms with Crippen molar-refractivity contribution in [3.8, 4) is 5.69 Å². The van der Waals surface area contributed by atoms with Gasteiger partial charge in [-0.3, -0.25) is 0 Å². The monoisotopic (exact) mass is 325 g/mol. The van der Waals surface area contributed by atoms with Crippen LogP contribution in [0.1, 0.15) is 37.9 Å². The summed E-state index contributed by atoms with van der Waals surface area (Å²) < 4.78 is 1.94. The average Bonchev–Trinajstić information content (AvgIpc) is 2.83. The second kappa shape index (κ2) is 7.83. The van der Waals surface area contributed by atoms with Crippen molar-refractivity contribution in [2.24, 2.45) is 0 Å². The number of benzene rings is 1. The predicted molar refractivity (Wildman–Crippen MR) is 89.6 cm³/mol. The number of hydrogen-bond acceptors (Lipinski definition) is 2. The summed E-state index contributed by atoms with van der Waals surface area (Å²) in [6.07, 6.45) is 5.10. The largest absolute Gasteiger partial charge is 0.313 e. The van der Waals surface area contributed by atoms with E-state index >= 15 is 0 Å². The fourth-order valence-corrected chi connectivity index (χ4v) is 2.81. The Balaban J connectivity index is 2.34. The van der Waals surface area contributed by atoms with Gasteiger partial charge < -0.3 is 5.32 Å². The summed E-state index contributed by atoms with van der Waals surface area (Å²) in [5.41, 5.74) is 3.33. The van der Waals surface area contributed by atoms with E-state index in [1.165, 1.54) is 11.3 Å². The molecule has 1 heterocycles. The van der Waals surface area contributed by atoms with Gasteiger partial charge in [-0.15, -0.1) is 0 Å². The molecular formula is C16H21Cl2N3. The topological polar surface area (TPSA) is 29.9 Å². The first-order chi connectivity index (χ1) is 10.2. The van der Waals surface area contributed by atoms with Crippen molar-refractivity contribution >= 4 is 23.2 Å². The number of nitrogens with zero attached hydrogens (tertiary/aromatic N) is 2. The highest BCUT2D eigenvalue weighted by atomic mass is 35.5. The molecule has 3 nitrogen and oxygen atoms in total. The van der Waals surface area contributed by atoms with Gasteiger partial charge in [0.25, 0.3) is 0 Å². The van der Waals surface area contributed by atoms with Crippen molar-refractivity contribution < 1.29 is 0 Å². The van der Waals surface area contributed by atoms with Gasteiger partial charge in [-0.1, -0.05) is 43.5 Å². The molecule has 5 heteroatoms. The zero-order chi connectivity index (χ0) is 15.2. The molecule has 2 aromatic rings. The minimum absolute atomic E-state index is 0.621. The predicted octanol–water partition coefficient (Wildman–Crippen LogP) is 4.63. The molecule has 0 amide bonds. The van der Waals surface area contributed by atoms with E-state index < -0.39 is 0 Å². The Morgan fingerprint density at radius 1 is 1.19 bits per heavy atom. The van der Waals surface area contributed by atoms with E-state index in [4.69, 9.17) is 23.2 Å². The summed E-state index contributed by atoms with van der Waals surface area (Å²) in [5, 5.41) is 9.21. The second-order valence-electron chi connectivity index (χ2n) is 5.05. The van der Waals surface area contributed by atoms with Crippen molar-refractivity contribution in [3.05, 3.63) is 45.7 Å². The summed E-state index contributed by atoms with van der Waals surface area (Å²) >= 11 is 12.3. The zero-order valence-corrected chi connectivity index (χ0v) is 14.0. The first kappa shape index (κ1) is 16.3. The molecule has 0 unspecified atom stereocenters. The maximum atomic E-state index is 6.31. The van der Waals surface area contributed by atoms with Crippen LogP contribution in [0.15, 0.2) is 24.4 Å². The number of rotatable bonds is 7. The SMILES string of the molecule is CCCNCc1cnn(-c2ccc(Cl)cc2Cl)c1CCC. The first-order valence-electron chi connectivity index (χ1n) is 7.39. The molecule has 0 fully saturated rings. The third-order valence-corrected chi connectivity index (χ3v) is 3.86. The lowest BCUT2D eigenvalue weighted by atomic mass is 10.1. The maximum absolute atomic E-state index is 6.31. The van der Waals surface area contributed by atoms with Crippen molar-refractivity contribution in [2.75, 3.05) is 6.54 Å². The molecule has 0 saturated heterocycles. The van der Waals surface area contributed by atoms with Gasteiger partial charge in [0.15, 0.2) is 0 Å². The highest BCUT2D eigenvalue weighted by Gasteiger charge is 2.13. The molecule has 0 atom stereocenters. The molecule has 0 spiro atoms. The molecule has 1 aromatic heterocycles. The number of hydrogen-bond donors (Lipinski definition) is 1. The van der Waals surface area contributed by atoms with Gasteiger partial charge in [0.05, 0.1) is 16.9 Å². The number of aromatic nitrogens is 2. The molecule has 0 aliphatic heterocycles. The van der Waals surface area contributed by atoms with Crippen molar-refractivity contribution in [2.45, 2.75) is 39.7 Å². The van der Waals surface area contributed by atoms with Crippen LogP contribution < -0.4 is 5.32 Å². The van der Waals surface area contributed by atoms with Crippen molar-refractivity contribution in [1.29, 1.82) is 0 Å². The zero-order valence-electron chi connectivity index (χ0n) is 12.5. The van der Waals surface area contributed by atoms with Crippen LogP contribution in [0.2, 0.25) is 10.0 Å². The molecule has 21 heavy (non-hydrogen) atoms. The molecule has 1 aromatic carbocycles. The van der Waals surface area contributed by atoms with Crippen molar-refractivity contribution in [1.82, 2.24) is 15.1 Å². The van der Waals surface area contributed by atoms with E-state index in [9.17, 15) is 0 Å². The Morgan fingerprint density at radius 2 is 2.00 bits per heavy atom. The molecule has 0 radical (unpaired) electrons. The molecule has 1 N–H and O–H groups in total. The number of halogens is 2. The highest BCUT2D eigenvalue weighted by molar-refractivity contribution is 6.35. The van der Waals surface area contributed by atoms with Gasteiger partial charge in [0, 0.05) is 22.8 Å². The summed E-state index contributed by atoms with van der Waals surface area (Å²) in [7, 11) is 0. The Bertz CT molecular complexity index is 593. The minimum Gasteiger partial charge on any atom is -0.313 e. The Hall–Kier alpha value is -1.03. The van der Waals surface area contributed by atoms with Gasteiger partial charge in [-0.2, -0.15) is 5.10 Å². The quantitative estimate of drug-likeness (QED) is 0.752. The molecule has 114 valence electrons. The van der Waals surface area contributed by atoms with Crippen LogP contribution in [-0.4, -0.2) is 16.3 Å². The van der Waals surface area contributed by atoms with Crippen molar-refractivity contribution in [3.63, 3.8) is 0 Å². The van der Waals surface area contributed by atoms with Gasteiger partial charge in [-0.25, -0.2) is 4.68 Å². The van der Waals surface area contributed by atoms with Crippen LogP contribution in [0, 0.1) is 0 Å². The van der Waals surface area contributed by atoms with Crippen LogP contribution >= 0.6 is 23.2 Å². The highest BCUT2D eigenvalue weighted by Crippen LogP contribution is 2.26. The summed E-state index contributed by atoms with van der Waals surface area (Å²) in [6.45, 7) is 6.19. The van der Waals surface area contributed by atoms with E-state index in [0.717, 1.165) is 38.0 Å². The van der Waals surface area contributed by atoms with E-state index in [2.05, 4.69) is 24.3 Å². The van der Waals surface area contributed by atoms with Gasteiger partial charge >= 0.3 is 0 Å². The fraction of sp³-hybridized carbons (Fsp3) is 0.438.